The van der Waals surface area contributed by atoms with Crippen molar-refractivity contribution in [3.8, 4) is 0 Å². The molecule has 0 aliphatic carbocycles. The molecular weight excluding hydrogens is 282 g/mol. The highest BCUT2D eigenvalue weighted by atomic mass is 32.2. The molecule has 1 aromatic rings. The molecule has 8 heteroatoms. The highest BCUT2D eigenvalue weighted by molar-refractivity contribution is 7.89. The number of hydrogen-bond donors (Lipinski definition) is 3. The van der Waals surface area contributed by atoms with Crippen LogP contribution in [0.5, 0.6) is 0 Å². The topological polar surface area (TPSA) is 114 Å². The van der Waals surface area contributed by atoms with Gasteiger partial charge in [-0.3, -0.25) is 4.79 Å². The number of rotatable bonds is 4. The number of sulfonamides is 1. The number of nitrogens with one attached hydrogen (secondary N) is 1. The normalized spacial score (nSPS) is 13.3. The molecule has 1 aromatic heterocycles. The summed E-state index contributed by atoms with van der Waals surface area (Å²) in [7, 11) is -2.32. The maximum absolute atomic E-state index is 12.2. The lowest BCUT2D eigenvalue weighted by atomic mass is 9.86. The van der Waals surface area contributed by atoms with Crippen molar-refractivity contribution >= 4 is 15.9 Å². The van der Waals surface area contributed by atoms with Gasteiger partial charge in [0.15, 0.2) is 0 Å². The highest BCUT2D eigenvalue weighted by Gasteiger charge is 2.37. The number of carbonyl (C=O) groups is 1. The maximum Gasteiger partial charge on any atom is 0.268 e. The Labute approximate surface area is 118 Å². The minimum atomic E-state index is -3.86. The summed E-state index contributed by atoms with van der Waals surface area (Å²) in [5, 5.41) is 17.7. The summed E-state index contributed by atoms with van der Waals surface area (Å²) in [5.41, 5.74) is -1.89. The summed E-state index contributed by atoms with van der Waals surface area (Å²) in [6.45, 7) is 6.50. The molecule has 0 aromatic carbocycles. The van der Waals surface area contributed by atoms with E-state index in [1.54, 1.807) is 34.7 Å². The van der Waals surface area contributed by atoms with Gasteiger partial charge in [0, 0.05) is 13.2 Å². The third-order valence-corrected chi connectivity index (χ3v) is 4.38. The van der Waals surface area contributed by atoms with Gasteiger partial charge in [-0.2, -0.15) is 0 Å². The fraction of sp³-hybridized carbons (Fsp3) is 0.583. The Kier molecular flexibility index (Phi) is 4.06. The van der Waals surface area contributed by atoms with Crippen LogP contribution in [0.2, 0.25) is 0 Å². The average Bonchev–Trinajstić information content (AvgIpc) is 2.57. The molecule has 0 spiro atoms. The summed E-state index contributed by atoms with van der Waals surface area (Å²) < 4.78 is 23.9. The van der Waals surface area contributed by atoms with Crippen molar-refractivity contribution in [2.45, 2.75) is 43.7 Å². The molecule has 0 aliphatic rings. The Morgan fingerprint density at radius 1 is 1.35 bits per heavy atom. The number of primary sulfonamides is 1. The molecule has 0 fully saturated rings. The van der Waals surface area contributed by atoms with E-state index >= 15 is 0 Å². The van der Waals surface area contributed by atoms with Crippen molar-refractivity contribution in [1.29, 1.82) is 0 Å². The summed E-state index contributed by atoms with van der Waals surface area (Å²) in [6, 6.07) is 1.20. The van der Waals surface area contributed by atoms with E-state index in [4.69, 9.17) is 5.14 Å². The van der Waals surface area contributed by atoms with Gasteiger partial charge in [-0.1, -0.05) is 0 Å². The van der Waals surface area contributed by atoms with Crippen molar-refractivity contribution in [3.63, 3.8) is 0 Å². The van der Waals surface area contributed by atoms with Gasteiger partial charge in [-0.25, -0.2) is 13.6 Å². The van der Waals surface area contributed by atoms with Crippen LogP contribution < -0.4 is 10.5 Å². The number of nitrogens with two attached hydrogens (primary N) is 1. The minimum Gasteiger partial charge on any atom is -0.388 e. The van der Waals surface area contributed by atoms with Crippen molar-refractivity contribution in [2.24, 2.45) is 12.2 Å². The first-order valence-corrected chi connectivity index (χ1v) is 7.54. The highest BCUT2D eigenvalue weighted by Crippen LogP contribution is 2.21. The van der Waals surface area contributed by atoms with E-state index in [0.717, 1.165) is 0 Å². The standard InChI is InChI=1S/C12H21N3O4S/c1-11(2,12(3,4)17)14-10(16)9-6-8(7-15(9)5)20(13,18)19/h6-7,17H,1-5H3,(H,14,16)(H2,13,18,19). The fourth-order valence-electron chi connectivity index (χ4n) is 1.42. The lowest BCUT2D eigenvalue weighted by Gasteiger charge is -2.37. The average molecular weight is 303 g/mol. The van der Waals surface area contributed by atoms with Crippen LogP contribution in [-0.2, 0) is 17.1 Å². The Hall–Kier alpha value is -1.38. The second kappa shape index (κ2) is 4.87. The first-order valence-electron chi connectivity index (χ1n) is 6.00. The molecule has 4 N–H and O–H groups in total. The lowest BCUT2D eigenvalue weighted by molar-refractivity contribution is -0.00308. The zero-order chi connectivity index (χ0) is 15.9. The summed E-state index contributed by atoms with van der Waals surface area (Å²) >= 11 is 0. The van der Waals surface area contributed by atoms with Crippen molar-refractivity contribution in [3.05, 3.63) is 18.0 Å². The third kappa shape index (κ3) is 3.38. The van der Waals surface area contributed by atoms with E-state index in [0.29, 0.717) is 0 Å². The SMILES string of the molecule is Cn1cc(S(N)(=O)=O)cc1C(=O)NC(C)(C)C(C)(C)O. The van der Waals surface area contributed by atoms with Crippen LogP contribution >= 0.6 is 0 Å². The zero-order valence-corrected chi connectivity index (χ0v) is 13.1. The molecule has 0 atom stereocenters. The van der Waals surface area contributed by atoms with Crippen LogP contribution in [0, 0.1) is 0 Å². The number of amides is 1. The smallest absolute Gasteiger partial charge is 0.268 e. The van der Waals surface area contributed by atoms with Crippen LogP contribution in [-0.4, -0.2) is 35.1 Å². The molecule has 1 heterocycles. The van der Waals surface area contributed by atoms with E-state index in [-0.39, 0.29) is 10.6 Å². The van der Waals surface area contributed by atoms with E-state index in [1.165, 1.54) is 16.8 Å². The first kappa shape index (κ1) is 16.7. The molecule has 7 nitrogen and oxygen atoms in total. The largest absolute Gasteiger partial charge is 0.388 e. The predicted molar refractivity (Wildman–Crippen MR) is 74.6 cm³/mol. The molecule has 1 rings (SSSR count). The molecule has 0 radical (unpaired) electrons. The first-order chi connectivity index (χ1) is 8.75. The molecule has 0 bridgehead atoms. The quantitative estimate of drug-likeness (QED) is 0.723. The second-order valence-corrected chi connectivity index (χ2v) is 7.42. The van der Waals surface area contributed by atoms with Crippen molar-refractivity contribution in [2.75, 3.05) is 0 Å². The van der Waals surface area contributed by atoms with Gasteiger partial charge in [-0.05, 0) is 33.8 Å². The van der Waals surface area contributed by atoms with Gasteiger partial charge in [0.25, 0.3) is 5.91 Å². The van der Waals surface area contributed by atoms with E-state index in [9.17, 15) is 18.3 Å². The van der Waals surface area contributed by atoms with Gasteiger partial charge in [0.05, 0.1) is 11.1 Å². The van der Waals surface area contributed by atoms with Gasteiger partial charge < -0.3 is 15.0 Å². The number of aromatic nitrogens is 1. The molecule has 0 saturated heterocycles. The summed E-state index contributed by atoms with van der Waals surface area (Å²) in [4.78, 5) is 12.1. The molecule has 0 unspecified atom stereocenters. The number of aliphatic hydroxyl groups is 1. The monoisotopic (exact) mass is 303 g/mol. The number of nitrogens with zero attached hydrogens (tertiary/aromatic N) is 1. The molecule has 20 heavy (non-hydrogen) atoms. The van der Waals surface area contributed by atoms with Crippen LogP contribution in [0.4, 0.5) is 0 Å². The number of aryl methyl sites for hydroxylation is 1. The molecule has 0 aliphatic heterocycles. The van der Waals surface area contributed by atoms with Crippen molar-refractivity contribution < 1.29 is 18.3 Å². The number of carbonyl (C=O) groups excluding carboxylic acids is 1. The van der Waals surface area contributed by atoms with Gasteiger partial charge >= 0.3 is 0 Å². The molecule has 0 saturated carbocycles. The van der Waals surface area contributed by atoms with Gasteiger partial charge in [0.2, 0.25) is 10.0 Å². The lowest BCUT2D eigenvalue weighted by Crippen LogP contribution is -2.57. The molecule has 114 valence electrons. The van der Waals surface area contributed by atoms with Crippen LogP contribution in [0.25, 0.3) is 0 Å². The Morgan fingerprint density at radius 2 is 1.85 bits per heavy atom. The Morgan fingerprint density at radius 3 is 2.20 bits per heavy atom. The Bertz CT molecular complexity index is 624. The molecule has 1 amide bonds. The van der Waals surface area contributed by atoms with E-state index < -0.39 is 27.1 Å². The minimum absolute atomic E-state index is 0.133. The van der Waals surface area contributed by atoms with Gasteiger partial charge in [0.1, 0.15) is 10.6 Å². The van der Waals surface area contributed by atoms with E-state index in [2.05, 4.69) is 5.32 Å². The zero-order valence-electron chi connectivity index (χ0n) is 12.3. The predicted octanol–water partition coefficient (Wildman–Crippen LogP) is -0.0482. The second-order valence-electron chi connectivity index (χ2n) is 5.86. The molecular formula is C12H21N3O4S. The Balaban J connectivity index is 3.09. The van der Waals surface area contributed by atoms with E-state index in [1.807, 2.05) is 0 Å². The summed E-state index contributed by atoms with van der Waals surface area (Å²) in [6.07, 6.45) is 1.27. The third-order valence-electron chi connectivity index (χ3n) is 3.50. The van der Waals surface area contributed by atoms with Gasteiger partial charge in [-0.15, -0.1) is 0 Å². The maximum atomic E-state index is 12.2. The van der Waals surface area contributed by atoms with Crippen LogP contribution in [0.15, 0.2) is 17.2 Å². The van der Waals surface area contributed by atoms with Crippen LogP contribution in [0.3, 0.4) is 0 Å². The fourth-order valence-corrected chi connectivity index (χ4v) is 2.00. The van der Waals surface area contributed by atoms with Crippen molar-refractivity contribution in [1.82, 2.24) is 9.88 Å². The van der Waals surface area contributed by atoms with Crippen LogP contribution in [0.1, 0.15) is 38.2 Å². The number of hydrogen-bond acceptors (Lipinski definition) is 4. The summed E-state index contributed by atoms with van der Waals surface area (Å²) in [5.74, 6) is -0.491.